The van der Waals surface area contributed by atoms with Gasteiger partial charge in [-0.2, -0.15) is 4.31 Å². The van der Waals surface area contributed by atoms with Crippen molar-refractivity contribution in [3.63, 3.8) is 0 Å². The minimum atomic E-state index is -6.00. The Labute approximate surface area is 135 Å². The molecule has 0 amide bonds. The monoisotopic (exact) mass is 356 g/mol. The van der Waals surface area contributed by atoms with Crippen LogP contribution in [0.15, 0.2) is 24.3 Å². The van der Waals surface area contributed by atoms with E-state index in [1.807, 2.05) is 39.9 Å². The molecule has 1 aliphatic heterocycles. The summed E-state index contributed by atoms with van der Waals surface area (Å²) in [4.78, 5) is 0. The Balaban J connectivity index is 0.000000463. The van der Waals surface area contributed by atoms with Crippen molar-refractivity contribution in [2.45, 2.75) is 6.92 Å². The van der Waals surface area contributed by atoms with E-state index >= 15 is 0 Å². The number of hydrogen-bond donors (Lipinski definition) is 0. The van der Waals surface area contributed by atoms with Crippen LogP contribution < -0.4 is 4.31 Å². The predicted molar refractivity (Wildman–Crippen MR) is 86.1 cm³/mol. The number of morpholine rings is 1. The normalized spacial score (nSPS) is 18.6. The zero-order valence-electron chi connectivity index (χ0n) is 13.3. The van der Waals surface area contributed by atoms with Crippen LogP contribution in [0.2, 0.25) is 0 Å². The summed E-state index contributed by atoms with van der Waals surface area (Å²) in [6, 6.07) is 8.11. The van der Waals surface area contributed by atoms with Crippen molar-refractivity contribution in [2.24, 2.45) is 0 Å². The number of benzene rings is 1. The molecule has 10 heteroatoms. The molecular formula is C13H21BF4N2O2S. The van der Waals surface area contributed by atoms with E-state index in [0.717, 1.165) is 18.8 Å². The van der Waals surface area contributed by atoms with Gasteiger partial charge in [-0.1, -0.05) is 26.2 Å². The molecule has 4 nitrogen and oxygen atoms in total. The molecule has 0 aliphatic carbocycles. The topological polar surface area (TPSA) is 32.8 Å². The fourth-order valence-electron chi connectivity index (χ4n) is 2.01. The van der Waals surface area contributed by atoms with Crippen LogP contribution in [0.3, 0.4) is 0 Å². The van der Waals surface area contributed by atoms with Crippen LogP contribution in [0, 0.1) is 6.92 Å². The first-order valence-corrected chi connectivity index (χ1v) is 8.90. The Hall–Kier alpha value is -1.13. The van der Waals surface area contributed by atoms with Gasteiger partial charge in [0.15, 0.2) is 0 Å². The Morgan fingerprint density at radius 1 is 1.13 bits per heavy atom. The minimum absolute atomic E-state index is 0.659. The Morgan fingerprint density at radius 2 is 1.57 bits per heavy atom. The van der Waals surface area contributed by atoms with E-state index in [1.54, 1.807) is 6.26 Å². The minimum Gasteiger partial charge on any atom is -0.418 e. The van der Waals surface area contributed by atoms with Crippen molar-refractivity contribution in [2.75, 3.05) is 43.9 Å². The second kappa shape index (κ2) is 8.12. The first-order valence-electron chi connectivity index (χ1n) is 7.01. The maximum absolute atomic E-state index is 12.9. The summed E-state index contributed by atoms with van der Waals surface area (Å²) in [7, 11) is -6.30. The van der Waals surface area contributed by atoms with Crippen LogP contribution in [0.4, 0.5) is 23.0 Å². The molecule has 0 radical (unpaired) electrons. The van der Waals surface area contributed by atoms with E-state index in [4.69, 9.17) is 4.74 Å². The Morgan fingerprint density at radius 3 is 2.00 bits per heavy atom. The number of ether oxygens (including phenoxy) is 1. The van der Waals surface area contributed by atoms with Gasteiger partial charge in [0, 0.05) is 0 Å². The zero-order chi connectivity index (χ0) is 17.7. The predicted octanol–water partition coefficient (Wildman–Crippen LogP) is 3.02. The van der Waals surface area contributed by atoms with E-state index in [1.165, 1.54) is 5.56 Å². The van der Waals surface area contributed by atoms with Crippen LogP contribution >= 0.6 is 0 Å². The average Bonchev–Trinajstić information content (AvgIpc) is 2.46. The van der Waals surface area contributed by atoms with Gasteiger partial charge < -0.3 is 22.0 Å². The largest absolute Gasteiger partial charge is 0.673 e. The molecule has 0 saturated carbocycles. The third-order valence-electron chi connectivity index (χ3n) is 3.35. The maximum atomic E-state index is 12.9. The van der Waals surface area contributed by atoms with Crippen molar-refractivity contribution in [1.29, 1.82) is 0 Å². The maximum Gasteiger partial charge on any atom is 0.673 e. The molecule has 1 aliphatic rings. The highest BCUT2D eigenvalue weighted by molar-refractivity contribution is 8.01. The lowest BCUT2D eigenvalue weighted by atomic mass is 10.2. The molecule has 132 valence electrons. The van der Waals surface area contributed by atoms with Crippen LogP contribution in [-0.4, -0.2) is 51.2 Å². The number of nitrogens with zero attached hydrogens (tertiary/aromatic N) is 2. The van der Waals surface area contributed by atoms with Crippen molar-refractivity contribution in [1.82, 2.24) is 4.31 Å². The third-order valence-corrected chi connectivity index (χ3v) is 5.91. The van der Waals surface area contributed by atoms with Gasteiger partial charge in [0.2, 0.25) is 0 Å². The van der Waals surface area contributed by atoms with Gasteiger partial charge in [-0.25, -0.2) is 0 Å². The van der Waals surface area contributed by atoms with Gasteiger partial charge in [-0.3, -0.25) is 0 Å². The molecule has 1 fully saturated rings. The highest BCUT2D eigenvalue weighted by atomic mass is 32.3. The van der Waals surface area contributed by atoms with Gasteiger partial charge in [-0.15, -0.1) is 0 Å². The second-order valence-electron chi connectivity index (χ2n) is 5.13. The SMILES string of the molecule is Cc1ccc(N(C)[S+](C)(=O)N2CCOCC2)cc1.F[B-](F)(F)F. The number of rotatable bonds is 3. The summed E-state index contributed by atoms with van der Waals surface area (Å²) in [5, 5.41) is 0. The molecule has 0 aromatic heterocycles. The van der Waals surface area contributed by atoms with E-state index < -0.39 is 17.6 Å². The second-order valence-corrected chi connectivity index (χ2v) is 7.72. The number of anilines is 1. The van der Waals surface area contributed by atoms with Crippen LogP contribution in [0.1, 0.15) is 5.56 Å². The summed E-state index contributed by atoms with van der Waals surface area (Å²) >= 11 is 0. The third kappa shape index (κ3) is 6.88. The van der Waals surface area contributed by atoms with E-state index in [9.17, 15) is 21.5 Å². The quantitative estimate of drug-likeness (QED) is 0.474. The van der Waals surface area contributed by atoms with Crippen molar-refractivity contribution >= 4 is 23.2 Å². The summed E-state index contributed by atoms with van der Waals surface area (Å²) < 4.78 is 61.1. The standard InChI is InChI=1S/C13H21N2O2S.BF4/c1-12-4-6-13(7-5-12)14(2)18(3,16)15-8-10-17-11-9-15;2-1(3,4)5/h4-7H,8-11H2,1-3H3;/q+1;-1. The van der Waals surface area contributed by atoms with E-state index in [2.05, 4.69) is 6.92 Å². The molecule has 1 aromatic carbocycles. The molecule has 0 spiro atoms. The van der Waals surface area contributed by atoms with Gasteiger partial charge in [0.1, 0.15) is 6.26 Å². The number of halogens is 4. The molecule has 1 heterocycles. The fraction of sp³-hybridized carbons (Fsp3) is 0.538. The molecular weight excluding hydrogens is 335 g/mol. The van der Waals surface area contributed by atoms with Crippen LogP contribution in [-0.2, 0) is 19.3 Å². The summed E-state index contributed by atoms with van der Waals surface area (Å²) in [6.07, 6.45) is 1.80. The fourth-order valence-corrected chi connectivity index (χ4v) is 3.69. The molecule has 23 heavy (non-hydrogen) atoms. The molecule has 1 aromatic rings. The highest BCUT2D eigenvalue weighted by Crippen LogP contribution is 2.23. The Bertz CT molecular complexity index is 530. The average molecular weight is 356 g/mol. The molecule has 2 rings (SSSR count). The van der Waals surface area contributed by atoms with E-state index in [-0.39, 0.29) is 0 Å². The molecule has 1 saturated heterocycles. The summed E-state index contributed by atoms with van der Waals surface area (Å²) in [6.45, 7) is 4.82. The zero-order valence-corrected chi connectivity index (χ0v) is 14.2. The molecule has 0 bridgehead atoms. The summed E-state index contributed by atoms with van der Waals surface area (Å²) in [5.41, 5.74) is 2.20. The van der Waals surface area contributed by atoms with Gasteiger partial charge in [-0.05, 0) is 19.1 Å². The molecule has 1 atom stereocenters. The molecule has 1 unspecified atom stereocenters. The van der Waals surface area contributed by atoms with Crippen molar-refractivity contribution in [3.8, 4) is 0 Å². The highest BCUT2D eigenvalue weighted by Gasteiger charge is 2.38. The number of hydrogen-bond acceptors (Lipinski definition) is 2. The van der Waals surface area contributed by atoms with Gasteiger partial charge in [0.25, 0.3) is 10.3 Å². The lowest BCUT2D eigenvalue weighted by Gasteiger charge is -2.31. The van der Waals surface area contributed by atoms with Gasteiger partial charge in [0.05, 0.1) is 39.0 Å². The number of aryl methyl sites for hydroxylation is 1. The van der Waals surface area contributed by atoms with Crippen molar-refractivity contribution < 1.29 is 26.2 Å². The van der Waals surface area contributed by atoms with Crippen molar-refractivity contribution in [3.05, 3.63) is 29.8 Å². The lowest BCUT2D eigenvalue weighted by Crippen LogP contribution is -2.51. The Kier molecular flexibility index (Phi) is 7.03. The van der Waals surface area contributed by atoms with Crippen LogP contribution in [0.25, 0.3) is 0 Å². The lowest BCUT2D eigenvalue weighted by molar-refractivity contribution is 0.0737. The smallest absolute Gasteiger partial charge is 0.418 e. The summed E-state index contributed by atoms with van der Waals surface area (Å²) in [5.74, 6) is 0. The first-order chi connectivity index (χ1) is 10.5. The van der Waals surface area contributed by atoms with Crippen LogP contribution in [0.5, 0.6) is 0 Å². The first kappa shape index (κ1) is 19.9. The molecule has 0 N–H and O–H groups in total. The van der Waals surface area contributed by atoms with Gasteiger partial charge >= 0.3 is 7.25 Å². The van der Waals surface area contributed by atoms with E-state index in [0.29, 0.717) is 13.2 Å².